The number of nitrogens with zero attached hydrogens (tertiary/aromatic N) is 2. The molecule has 0 spiro atoms. The van der Waals surface area contributed by atoms with E-state index in [4.69, 9.17) is 5.73 Å². The second kappa shape index (κ2) is 5.17. The normalized spacial score (nSPS) is 24.3. The molecule has 1 saturated heterocycles. The molecule has 4 heteroatoms. The third kappa shape index (κ3) is 2.39. The largest absolute Gasteiger partial charge is 0.323 e. The molecule has 1 fully saturated rings. The number of aryl methyl sites for hydroxylation is 1. The van der Waals surface area contributed by atoms with Crippen molar-refractivity contribution in [3.05, 3.63) is 29.6 Å². The van der Waals surface area contributed by atoms with Crippen molar-refractivity contribution in [1.82, 2.24) is 9.88 Å². The molecule has 2 N–H and O–H groups in total. The minimum atomic E-state index is 0.0755. The smallest absolute Gasteiger partial charge is 0.0479 e. The lowest BCUT2D eigenvalue weighted by Gasteiger charge is -2.36. The molecule has 0 saturated carbocycles. The van der Waals surface area contributed by atoms with Crippen LogP contribution in [0.3, 0.4) is 0 Å². The van der Waals surface area contributed by atoms with Crippen LogP contribution in [0.15, 0.2) is 18.5 Å². The highest BCUT2D eigenvalue weighted by molar-refractivity contribution is 7.99. The second-order valence-electron chi connectivity index (χ2n) is 4.38. The van der Waals surface area contributed by atoms with Crippen molar-refractivity contribution >= 4 is 11.8 Å². The lowest BCUT2D eigenvalue weighted by Crippen LogP contribution is -2.46. The standard InChI is InChI=1S/C12H19N3S/c1-9-3-4-14-7-10(9)12(13)11-8-16-6-5-15(11)2/h3-4,7,11-12H,5-6,8,13H2,1-2H3. The number of pyridine rings is 1. The van der Waals surface area contributed by atoms with E-state index in [2.05, 4.69) is 23.9 Å². The fourth-order valence-electron chi connectivity index (χ4n) is 2.12. The van der Waals surface area contributed by atoms with Gasteiger partial charge in [-0.05, 0) is 31.2 Å². The van der Waals surface area contributed by atoms with E-state index in [1.807, 2.05) is 30.2 Å². The van der Waals surface area contributed by atoms with E-state index < -0.39 is 0 Å². The first-order chi connectivity index (χ1) is 7.70. The Morgan fingerprint density at radius 2 is 2.44 bits per heavy atom. The molecule has 1 aliphatic rings. The molecule has 0 bridgehead atoms. The Kier molecular flexibility index (Phi) is 3.84. The Morgan fingerprint density at radius 1 is 1.62 bits per heavy atom. The first-order valence-corrected chi connectivity index (χ1v) is 6.79. The quantitative estimate of drug-likeness (QED) is 0.845. The number of hydrogen-bond acceptors (Lipinski definition) is 4. The van der Waals surface area contributed by atoms with E-state index in [-0.39, 0.29) is 6.04 Å². The van der Waals surface area contributed by atoms with Crippen LogP contribution in [0.25, 0.3) is 0 Å². The van der Waals surface area contributed by atoms with Crippen LogP contribution in [0.4, 0.5) is 0 Å². The number of thioether (sulfide) groups is 1. The van der Waals surface area contributed by atoms with Gasteiger partial charge in [0.1, 0.15) is 0 Å². The molecule has 2 heterocycles. The van der Waals surface area contributed by atoms with Crippen LogP contribution in [0.1, 0.15) is 17.2 Å². The molecule has 1 aromatic heterocycles. The van der Waals surface area contributed by atoms with Crippen molar-refractivity contribution in [2.45, 2.75) is 19.0 Å². The van der Waals surface area contributed by atoms with Gasteiger partial charge in [0.2, 0.25) is 0 Å². The summed E-state index contributed by atoms with van der Waals surface area (Å²) >= 11 is 1.99. The first-order valence-electron chi connectivity index (χ1n) is 5.64. The Hall–Kier alpha value is -0.580. The zero-order valence-corrected chi connectivity index (χ0v) is 10.7. The predicted molar refractivity (Wildman–Crippen MR) is 69.6 cm³/mol. The molecule has 0 radical (unpaired) electrons. The lowest BCUT2D eigenvalue weighted by molar-refractivity contribution is 0.237. The van der Waals surface area contributed by atoms with Gasteiger partial charge in [0.05, 0.1) is 0 Å². The van der Waals surface area contributed by atoms with Crippen molar-refractivity contribution in [3.8, 4) is 0 Å². The maximum atomic E-state index is 6.37. The summed E-state index contributed by atoms with van der Waals surface area (Å²) in [6, 6.07) is 2.54. The summed E-state index contributed by atoms with van der Waals surface area (Å²) in [4.78, 5) is 6.55. The summed E-state index contributed by atoms with van der Waals surface area (Å²) in [7, 11) is 2.16. The maximum Gasteiger partial charge on any atom is 0.0479 e. The average molecular weight is 237 g/mol. The molecule has 2 unspecified atom stereocenters. The molecule has 16 heavy (non-hydrogen) atoms. The van der Waals surface area contributed by atoms with Crippen molar-refractivity contribution in [2.75, 3.05) is 25.1 Å². The Labute approximate surface area is 101 Å². The molecular formula is C12H19N3S. The van der Waals surface area contributed by atoms with Gasteiger partial charge in [0.15, 0.2) is 0 Å². The summed E-state index contributed by atoms with van der Waals surface area (Å²) in [5.74, 6) is 2.33. The summed E-state index contributed by atoms with van der Waals surface area (Å²) in [6.45, 7) is 3.23. The van der Waals surface area contributed by atoms with Crippen molar-refractivity contribution < 1.29 is 0 Å². The molecule has 1 aliphatic heterocycles. The van der Waals surface area contributed by atoms with Gasteiger partial charge in [-0.25, -0.2) is 0 Å². The highest BCUT2D eigenvalue weighted by atomic mass is 32.2. The number of likely N-dealkylation sites (N-methyl/N-ethyl adjacent to an activating group) is 1. The van der Waals surface area contributed by atoms with Gasteiger partial charge in [0, 0.05) is 42.5 Å². The first kappa shape index (κ1) is 11.9. The van der Waals surface area contributed by atoms with E-state index in [9.17, 15) is 0 Å². The Bertz CT molecular complexity index is 356. The third-order valence-electron chi connectivity index (χ3n) is 3.30. The van der Waals surface area contributed by atoms with Crippen LogP contribution in [-0.4, -0.2) is 41.0 Å². The minimum Gasteiger partial charge on any atom is -0.323 e. The third-order valence-corrected chi connectivity index (χ3v) is 4.34. The highest BCUT2D eigenvalue weighted by Crippen LogP contribution is 2.26. The fourth-order valence-corrected chi connectivity index (χ4v) is 3.40. The minimum absolute atomic E-state index is 0.0755. The lowest BCUT2D eigenvalue weighted by atomic mass is 9.98. The molecule has 88 valence electrons. The Morgan fingerprint density at radius 3 is 3.12 bits per heavy atom. The van der Waals surface area contributed by atoms with Gasteiger partial charge in [-0.2, -0.15) is 11.8 Å². The molecule has 2 rings (SSSR count). The zero-order valence-electron chi connectivity index (χ0n) is 9.89. The van der Waals surface area contributed by atoms with Gasteiger partial charge < -0.3 is 5.73 Å². The highest BCUT2D eigenvalue weighted by Gasteiger charge is 2.27. The van der Waals surface area contributed by atoms with Crippen LogP contribution < -0.4 is 5.73 Å². The molecule has 3 nitrogen and oxygen atoms in total. The average Bonchev–Trinajstić information content (AvgIpc) is 2.29. The Balaban J connectivity index is 2.17. The summed E-state index contributed by atoms with van der Waals surface area (Å²) in [5, 5.41) is 0. The summed E-state index contributed by atoms with van der Waals surface area (Å²) < 4.78 is 0. The molecule has 0 aromatic carbocycles. The van der Waals surface area contributed by atoms with Gasteiger partial charge in [-0.15, -0.1) is 0 Å². The van der Waals surface area contributed by atoms with Gasteiger partial charge in [-0.3, -0.25) is 9.88 Å². The van der Waals surface area contributed by atoms with Crippen LogP contribution in [0.2, 0.25) is 0 Å². The maximum absolute atomic E-state index is 6.37. The van der Waals surface area contributed by atoms with Gasteiger partial charge in [-0.1, -0.05) is 0 Å². The van der Waals surface area contributed by atoms with Crippen molar-refractivity contribution in [3.63, 3.8) is 0 Å². The van der Waals surface area contributed by atoms with E-state index in [0.717, 1.165) is 12.3 Å². The van der Waals surface area contributed by atoms with E-state index in [1.165, 1.54) is 16.9 Å². The molecule has 2 atom stereocenters. The molecule has 0 amide bonds. The fraction of sp³-hybridized carbons (Fsp3) is 0.583. The van der Waals surface area contributed by atoms with E-state index in [1.54, 1.807) is 0 Å². The van der Waals surface area contributed by atoms with Crippen LogP contribution in [-0.2, 0) is 0 Å². The molecule has 1 aromatic rings. The van der Waals surface area contributed by atoms with Gasteiger partial charge in [0.25, 0.3) is 0 Å². The summed E-state index contributed by atoms with van der Waals surface area (Å²) in [6.07, 6.45) is 3.73. The second-order valence-corrected chi connectivity index (χ2v) is 5.53. The molecular weight excluding hydrogens is 218 g/mol. The van der Waals surface area contributed by atoms with Crippen LogP contribution in [0, 0.1) is 6.92 Å². The van der Waals surface area contributed by atoms with Gasteiger partial charge >= 0.3 is 0 Å². The predicted octanol–water partition coefficient (Wildman–Crippen LogP) is 1.44. The van der Waals surface area contributed by atoms with Crippen molar-refractivity contribution in [1.29, 1.82) is 0 Å². The molecule has 0 aliphatic carbocycles. The number of aromatic nitrogens is 1. The summed E-state index contributed by atoms with van der Waals surface area (Å²) in [5.41, 5.74) is 8.79. The SMILES string of the molecule is Cc1ccncc1C(N)C1CSCCN1C. The number of rotatable bonds is 2. The zero-order chi connectivity index (χ0) is 11.5. The van der Waals surface area contributed by atoms with Crippen molar-refractivity contribution in [2.24, 2.45) is 5.73 Å². The van der Waals surface area contributed by atoms with E-state index >= 15 is 0 Å². The topological polar surface area (TPSA) is 42.1 Å². The number of hydrogen-bond donors (Lipinski definition) is 1. The number of nitrogens with two attached hydrogens (primary N) is 1. The monoisotopic (exact) mass is 237 g/mol. The van der Waals surface area contributed by atoms with E-state index in [0.29, 0.717) is 6.04 Å². The van der Waals surface area contributed by atoms with Crippen LogP contribution >= 0.6 is 11.8 Å². The van der Waals surface area contributed by atoms with Crippen LogP contribution in [0.5, 0.6) is 0 Å².